The molecule has 1 aliphatic rings. The first-order valence-corrected chi connectivity index (χ1v) is 10.6. The highest BCUT2D eigenvalue weighted by Gasteiger charge is 2.41. The molecule has 0 amide bonds. The van der Waals surface area contributed by atoms with Crippen molar-refractivity contribution in [1.29, 1.82) is 0 Å². The summed E-state index contributed by atoms with van der Waals surface area (Å²) in [6.07, 6.45) is -7.44. The molecular weight excluding hydrogens is 473 g/mol. The molecule has 0 radical (unpaired) electrons. The molecule has 1 aromatic heterocycles. The normalized spacial score (nSPS) is 19.8. The summed E-state index contributed by atoms with van der Waals surface area (Å²) in [6, 6.07) is 5.15. The zero-order valence-electron chi connectivity index (χ0n) is 18.9. The molecule has 35 heavy (non-hydrogen) atoms. The van der Waals surface area contributed by atoms with Gasteiger partial charge in [-0.25, -0.2) is 4.79 Å². The molecule has 2 heterocycles. The standard InChI is InChI=1S/C23H23F3N2O7/c1-3-4-5-10-34-17-11-19(35-18(17)13-29)27-12-16(23(24,25)26)21(31)28(22(27)32)20(30)14-6-8-15(33-2)9-7-14/h6-9,12,17-19,29H,3,10-11,13H2,1-2H3/t17-,18+,19+/m0/s1. The van der Waals surface area contributed by atoms with Crippen molar-refractivity contribution in [2.24, 2.45) is 0 Å². The first-order chi connectivity index (χ1) is 16.6. The lowest BCUT2D eigenvalue weighted by Gasteiger charge is -2.18. The highest BCUT2D eigenvalue weighted by Crippen LogP contribution is 2.32. The Kier molecular flexibility index (Phi) is 8.16. The molecule has 1 saturated heterocycles. The number of ether oxygens (including phenoxy) is 3. The van der Waals surface area contributed by atoms with Crippen molar-refractivity contribution in [1.82, 2.24) is 9.13 Å². The number of aliphatic hydroxyl groups excluding tert-OH is 1. The summed E-state index contributed by atoms with van der Waals surface area (Å²) in [5.41, 5.74) is -5.05. The number of nitrogens with zero attached hydrogens (tertiary/aromatic N) is 2. The fourth-order valence-corrected chi connectivity index (χ4v) is 3.55. The molecule has 0 aliphatic carbocycles. The molecule has 0 saturated carbocycles. The van der Waals surface area contributed by atoms with Crippen LogP contribution in [0.15, 0.2) is 40.1 Å². The third kappa shape index (κ3) is 5.64. The van der Waals surface area contributed by atoms with Gasteiger partial charge in [-0.2, -0.15) is 17.7 Å². The first-order valence-electron chi connectivity index (χ1n) is 10.6. The van der Waals surface area contributed by atoms with Crippen LogP contribution < -0.4 is 16.0 Å². The molecule has 0 bridgehead atoms. The van der Waals surface area contributed by atoms with Crippen molar-refractivity contribution in [2.75, 3.05) is 20.3 Å². The van der Waals surface area contributed by atoms with Gasteiger partial charge in [-0.05, 0) is 24.3 Å². The van der Waals surface area contributed by atoms with Gasteiger partial charge in [0.25, 0.3) is 11.5 Å². The molecule has 3 atom stereocenters. The molecule has 1 fully saturated rings. The number of methoxy groups -OCH3 is 1. The summed E-state index contributed by atoms with van der Waals surface area (Å²) in [7, 11) is 1.38. The topological polar surface area (TPSA) is 109 Å². The first kappa shape index (κ1) is 26.2. The minimum Gasteiger partial charge on any atom is -0.497 e. The van der Waals surface area contributed by atoms with Crippen LogP contribution >= 0.6 is 0 Å². The fourth-order valence-electron chi connectivity index (χ4n) is 3.55. The maximum absolute atomic E-state index is 13.7. The number of alkyl halides is 3. The van der Waals surface area contributed by atoms with E-state index in [2.05, 4.69) is 11.8 Å². The molecule has 188 valence electrons. The van der Waals surface area contributed by atoms with Gasteiger partial charge in [0.05, 0.1) is 19.8 Å². The van der Waals surface area contributed by atoms with E-state index in [0.29, 0.717) is 22.9 Å². The number of aliphatic hydroxyl groups is 1. The number of carbonyl (C=O) groups excluding carboxylic acids is 1. The van der Waals surface area contributed by atoms with Crippen molar-refractivity contribution < 1.29 is 37.3 Å². The van der Waals surface area contributed by atoms with E-state index in [1.807, 2.05) is 6.92 Å². The quantitative estimate of drug-likeness (QED) is 0.608. The van der Waals surface area contributed by atoms with E-state index in [0.717, 1.165) is 0 Å². The molecular formula is C23H23F3N2O7. The number of hydrogen-bond acceptors (Lipinski definition) is 7. The zero-order chi connectivity index (χ0) is 25.8. The third-order valence-electron chi connectivity index (χ3n) is 5.30. The highest BCUT2D eigenvalue weighted by molar-refractivity contribution is 5.95. The van der Waals surface area contributed by atoms with Gasteiger partial charge in [0.1, 0.15) is 30.3 Å². The van der Waals surface area contributed by atoms with Crippen molar-refractivity contribution >= 4 is 5.91 Å². The summed E-state index contributed by atoms with van der Waals surface area (Å²) < 4.78 is 57.5. The zero-order valence-corrected chi connectivity index (χ0v) is 18.9. The minimum atomic E-state index is -5.16. The Morgan fingerprint density at radius 1 is 1.23 bits per heavy atom. The number of halogens is 3. The Morgan fingerprint density at radius 3 is 2.49 bits per heavy atom. The van der Waals surface area contributed by atoms with Gasteiger partial charge < -0.3 is 19.3 Å². The SMILES string of the molecule is CCC#CCO[C@H]1C[C@H](n2cc(C(F)(F)F)c(=O)n(C(=O)c3ccc(OC)cc3)c2=O)O[C@@H]1CO. The van der Waals surface area contributed by atoms with Crippen molar-refractivity contribution in [2.45, 2.75) is 44.4 Å². The number of aromatic nitrogens is 2. The average molecular weight is 496 g/mol. The summed E-state index contributed by atoms with van der Waals surface area (Å²) in [6.45, 7) is 1.29. The lowest BCUT2D eigenvalue weighted by Crippen LogP contribution is -2.47. The molecule has 12 heteroatoms. The maximum atomic E-state index is 13.7. The number of hydrogen-bond donors (Lipinski definition) is 1. The lowest BCUT2D eigenvalue weighted by atomic mass is 10.2. The lowest BCUT2D eigenvalue weighted by molar-refractivity contribution is -0.139. The average Bonchev–Trinajstić information content (AvgIpc) is 3.24. The van der Waals surface area contributed by atoms with Gasteiger partial charge in [-0.15, -0.1) is 5.92 Å². The van der Waals surface area contributed by atoms with Crippen LogP contribution in [-0.4, -0.2) is 52.7 Å². The van der Waals surface area contributed by atoms with Crippen LogP contribution in [-0.2, 0) is 15.7 Å². The van der Waals surface area contributed by atoms with Crippen LogP contribution in [0, 0.1) is 11.8 Å². The number of carbonyl (C=O) groups is 1. The number of benzene rings is 1. The smallest absolute Gasteiger partial charge is 0.423 e. The van der Waals surface area contributed by atoms with E-state index >= 15 is 0 Å². The Balaban J connectivity index is 2.06. The van der Waals surface area contributed by atoms with Crippen molar-refractivity contribution in [3.63, 3.8) is 0 Å². The van der Waals surface area contributed by atoms with E-state index < -0.39 is 53.9 Å². The van der Waals surface area contributed by atoms with Gasteiger partial charge in [0, 0.05) is 24.6 Å². The van der Waals surface area contributed by atoms with Gasteiger partial charge in [-0.3, -0.25) is 14.2 Å². The van der Waals surface area contributed by atoms with Gasteiger partial charge >= 0.3 is 11.9 Å². The fraction of sp³-hybridized carbons (Fsp3) is 0.435. The van der Waals surface area contributed by atoms with Crippen molar-refractivity contribution in [3.05, 3.63) is 62.4 Å². The highest BCUT2D eigenvalue weighted by atomic mass is 19.4. The Bertz CT molecular complexity index is 1240. The minimum absolute atomic E-state index is 0.0107. The van der Waals surface area contributed by atoms with E-state index in [-0.39, 0.29) is 23.2 Å². The Hall–Kier alpha value is -3.40. The summed E-state index contributed by atoms with van der Waals surface area (Å²) >= 11 is 0. The predicted octanol–water partition coefficient (Wildman–Crippen LogP) is 1.80. The molecule has 3 rings (SSSR count). The second-order valence-electron chi connectivity index (χ2n) is 7.51. The number of rotatable bonds is 6. The third-order valence-corrected chi connectivity index (χ3v) is 5.30. The molecule has 0 unspecified atom stereocenters. The summed E-state index contributed by atoms with van der Waals surface area (Å²) in [5.74, 6) is 4.63. The van der Waals surface area contributed by atoms with E-state index in [1.54, 1.807) is 0 Å². The predicted molar refractivity (Wildman–Crippen MR) is 116 cm³/mol. The molecule has 9 nitrogen and oxygen atoms in total. The summed E-state index contributed by atoms with van der Waals surface area (Å²) in [4.78, 5) is 38.6. The van der Waals surface area contributed by atoms with Gasteiger partial charge in [0.15, 0.2) is 0 Å². The Labute approximate surface area is 197 Å². The molecule has 1 aliphatic heterocycles. The van der Waals surface area contributed by atoms with Crippen LogP contribution in [0.3, 0.4) is 0 Å². The maximum Gasteiger partial charge on any atom is 0.423 e. The second kappa shape index (κ2) is 10.9. The Morgan fingerprint density at radius 2 is 1.91 bits per heavy atom. The van der Waals surface area contributed by atoms with Crippen LogP contribution in [0.5, 0.6) is 5.75 Å². The summed E-state index contributed by atoms with van der Waals surface area (Å²) in [5, 5.41) is 9.61. The molecule has 0 spiro atoms. The van der Waals surface area contributed by atoms with E-state index in [1.165, 1.54) is 31.4 Å². The van der Waals surface area contributed by atoms with Crippen LogP contribution in [0.2, 0.25) is 0 Å². The van der Waals surface area contributed by atoms with E-state index in [4.69, 9.17) is 14.2 Å². The van der Waals surface area contributed by atoms with Crippen LogP contribution in [0.25, 0.3) is 0 Å². The molecule has 1 aromatic carbocycles. The van der Waals surface area contributed by atoms with E-state index in [9.17, 15) is 32.7 Å². The monoisotopic (exact) mass is 496 g/mol. The van der Waals surface area contributed by atoms with Crippen molar-refractivity contribution in [3.8, 4) is 17.6 Å². The largest absolute Gasteiger partial charge is 0.497 e. The van der Waals surface area contributed by atoms with Crippen LogP contribution in [0.1, 0.15) is 41.9 Å². The van der Waals surface area contributed by atoms with Gasteiger partial charge in [-0.1, -0.05) is 12.8 Å². The second-order valence-corrected chi connectivity index (χ2v) is 7.51. The van der Waals surface area contributed by atoms with Gasteiger partial charge in [0.2, 0.25) is 0 Å². The molecule has 1 N–H and O–H groups in total. The van der Waals surface area contributed by atoms with Crippen LogP contribution in [0.4, 0.5) is 13.2 Å². The molecule has 2 aromatic rings.